The lowest BCUT2D eigenvalue weighted by Crippen LogP contribution is -2.08. The van der Waals surface area contributed by atoms with Gasteiger partial charge in [0.2, 0.25) is 0 Å². The molecule has 2 rings (SSSR count). The van der Waals surface area contributed by atoms with E-state index in [1.54, 1.807) is 12.1 Å². The zero-order valence-corrected chi connectivity index (χ0v) is 13.3. The van der Waals surface area contributed by atoms with Crippen LogP contribution in [0.4, 0.5) is 10.1 Å². The smallest absolute Gasteiger partial charge is 0.338 e. The predicted octanol–water partition coefficient (Wildman–Crippen LogP) is 4.14. The van der Waals surface area contributed by atoms with Gasteiger partial charge in [-0.3, -0.25) is 0 Å². The molecule has 0 saturated heterocycles. The van der Waals surface area contributed by atoms with Crippen molar-refractivity contribution in [3.8, 4) is 0 Å². The number of carbonyl (C=O) groups is 1. The minimum absolute atomic E-state index is 0.00240. The molecule has 2 aromatic carbocycles. The fourth-order valence-electron chi connectivity index (χ4n) is 2.01. The van der Waals surface area contributed by atoms with Gasteiger partial charge in [0.25, 0.3) is 0 Å². The van der Waals surface area contributed by atoms with Gasteiger partial charge in [-0.1, -0.05) is 22.0 Å². The molecule has 0 fully saturated rings. The molecule has 0 aromatic heterocycles. The summed E-state index contributed by atoms with van der Waals surface area (Å²) < 4.78 is 19.1. The monoisotopic (exact) mass is 351 g/mol. The van der Waals surface area contributed by atoms with E-state index in [2.05, 4.69) is 15.9 Å². The molecule has 110 valence electrons. The van der Waals surface area contributed by atoms with E-state index in [1.807, 2.05) is 19.9 Å². The van der Waals surface area contributed by atoms with Gasteiger partial charge < -0.3 is 10.5 Å². The molecular formula is C16H15BrFNO2. The van der Waals surface area contributed by atoms with Gasteiger partial charge in [0.15, 0.2) is 0 Å². The van der Waals surface area contributed by atoms with Crippen LogP contribution < -0.4 is 5.73 Å². The van der Waals surface area contributed by atoms with Crippen LogP contribution in [0.3, 0.4) is 0 Å². The summed E-state index contributed by atoms with van der Waals surface area (Å²) in [4.78, 5) is 12.1. The highest BCUT2D eigenvalue weighted by molar-refractivity contribution is 9.10. The Morgan fingerprint density at radius 3 is 2.57 bits per heavy atom. The highest BCUT2D eigenvalue weighted by Gasteiger charge is 2.13. The Morgan fingerprint density at radius 1 is 1.19 bits per heavy atom. The van der Waals surface area contributed by atoms with Crippen molar-refractivity contribution < 1.29 is 13.9 Å². The van der Waals surface area contributed by atoms with E-state index in [0.29, 0.717) is 21.3 Å². The van der Waals surface area contributed by atoms with Crippen LogP contribution in [0.25, 0.3) is 0 Å². The summed E-state index contributed by atoms with van der Waals surface area (Å²) in [5.74, 6) is -0.856. The molecule has 21 heavy (non-hydrogen) atoms. The van der Waals surface area contributed by atoms with Crippen molar-refractivity contribution in [2.24, 2.45) is 0 Å². The van der Waals surface area contributed by atoms with Crippen LogP contribution in [0, 0.1) is 19.7 Å². The summed E-state index contributed by atoms with van der Waals surface area (Å²) in [5, 5.41) is 0. The Hall–Kier alpha value is -1.88. The van der Waals surface area contributed by atoms with Crippen molar-refractivity contribution in [1.82, 2.24) is 0 Å². The van der Waals surface area contributed by atoms with E-state index >= 15 is 0 Å². The van der Waals surface area contributed by atoms with Crippen LogP contribution in [0.2, 0.25) is 0 Å². The Bertz CT molecular complexity index is 681. The topological polar surface area (TPSA) is 52.3 Å². The third-order valence-corrected chi connectivity index (χ3v) is 3.58. The average molecular weight is 352 g/mol. The highest BCUT2D eigenvalue weighted by atomic mass is 79.9. The second-order valence-corrected chi connectivity index (χ2v) is 5.79. The van der Waals surface area contributed by atoms with E-state index in [-0.39, 0.29) is 12.4 Å². The number of hydrogen-bond acceptors (Lipinski definition) is 3. The number of benzene rings is 2. The fraction of sp³-hybridized carbons (Fsp3) is 0.188. The van der Waals surface area contributed by atoms with Crippen LogP contribution >= 0.6 is 15.9 Å². The standard InChI is InChI=1S/C16H15BrFNO2/c1-9-3-10(2)15(19)7-14(9)16(20)21-8-11-4-12(17)6-13(18)5-11/h3-7H,8,19H2,1-2H3. The van der Waals surface area contributed by atoms with E-state index in [9.17, 15) is 9.18 Å². The third kappa shape index (κ3) is 3.82. The Kier molecular flexibility index (Phi) is 4.63. The van der Waals surface area contributed by atoms with Crippen molar-refractivity contribution in [2.45, 2.75) is 20.5 Å². The van der Waals surface area contributed by atoms with Crippen molar-refractivity contribution in [3.05, 3.63) is 62.9 Å². The molecule has 0 amide bonds. The van der Waals surface area contributed by atoms with E-state index < -0.39 is 5.97 Å². The number of ether oxygens (including phenoxy) is 1. The van der Waals surface area contributed by atoms with E-state index in [0.717, 1.165) is 11.1 Å². The van der Waals surface area contributed by atoms with Crippen molar-refractivity contribution in [1.29, 1.82) is 0 Å². The lowest BCUT2D eigenvalue weighted by Gasteiger charge is -2.10. The van der Waals surface area contributed by atoms with Crippen LogP contribution in [0.5, 0.6) is 0 Å². The predicted molar refractivity (Wildman–Crippen MR) is 83.5 cm³/mol. The average Bonchev–Trinajstić information content (AvgIpc) is 2.39. The molecule has 0 unspecified atom stereocenters. The van der Waals surface area contributed by atoms with Crippen molar-refractivity contribution in [2.75, 3.05) is 5.73 Å². The van der Waals surface area contributed by atoms with Gasteiger partial charge in [0.05, 0.1) is 5.56 Å². The number of esters is 1. The number of halogens is 2. The molecule has 2 N–H and O–H groups in total. The zero-order chi connectivity index (χ0) is 15.6. The highest BCUT2D eigenvalue weighted by Crippen LogP contribution is 2.20. The molecule has 2 aromatic rings. The maximum atomic E-state index is 13.2. The number of aryl methyl sites for hydroxylation is 2. The van der Waals surface area contributed by atoms with Crippen molar-refractivity contribution >= 4 is 27.6 Å². The van der Waals surface area contributed by atoms with Gasteiger partial charge in [-0.15, -0.1) is 0 Å². The van der Waals surface area contributed by atoms with Crippen LogP contribution in [-0.4, -0.2) is 5.97 Å². The molecule has 0 aliphatic rings. The molecule has 0 atom stereocenters. The SMILES string of the molecule is Cc1cc(C)c(C(=O)OCc2cc(F)cc(Br)c2)cc1N. The maximum Gasteiger partial charge on any atom is 0.338 e. The third-order valence-electron chi connectivity index (χ3n) is 3.13. The van der Waals surface area contributed by atoms with E-state index in [4.69, 9.17) is 10.5 Å². The largest absolute Gasteiger partial charge is 0.457 e. The van der Waals surface area contributed by atoms with Gasteiger partial charge in [-0.05, 0) is 54.8 Å². The van der Waals surface area contributed by atoms with Gasteiger partial charge in [-0.25, -0.2) is 9.18 Å². The summed E-state index contributed by atoms with van der Waals surface area (Å²) in [6.07, 6.45) is 0. The molecule has 0 bridgehead atoms. The van der Waals surface area contributed by atoms with Crippen molar-refractivity contribution in [3.63, 3.8) is 0 Å². The Labute approximate surface area is 131 Å². The number of nitrogens with two attached hydrogens (primary N) is 1. The van der Waals surface area contributed by atoms with Gasteiger partial charge in [-0.2, -0.15) is 0 Å². The molecular weight excluding hydrogens is 337 g/mol. The summed E-state index contributed by atoms with van der Waals surface area (Å²) in [6, 6.07) is 7.82. The molecule has 0 spiro atoms. The van der Waals surface area contributed by atoms with Gasteiger partial charge >= 0.3 is 5.97 Å². The Morgan fingerprint density at radius 2 is 1.90 bits per heavy atom. The molecule has 0 aliphatic carbocycles. The molecule has 0 aliphatic heterocycles. The fourth-order valence-corrected chi connectivity index (χ4v) is 2.52. The second kappa shape index (κ2) is 6.26. The summed E-state index contributed by atoms with van der Waals surface area (Å²) >= 11 is 3.20. The zero-order valence-electron chi connectivity index (χ0n) is 11.7. The molecule has 5 heteroatoms. The summed E-state index contributed by atoms with van der Waals surface area (Å²) in [5.41, 5.74) is 9.07. The van der Waals surface area contributed by atoms with E-state index in [1.165, 1.54) is 12.1 Å². The van der Waals surface area contributed by atoms with Gasteiger partial charge in [0, 0.05) is 10.2 Å². The van der Waals surface area contributed by atoms with Crippen LogP contribution in [-0.2, 0) is 11.3 Å². The maximum absolute atomic E-state index is 13.2. The first-order valence-corrected chi connectivity index (χ1v) is 7.15. The number of carbonyl (C=O) groups excluding carboxylic acids is 1. The van der Waals surface area contributed by atoms with Crippen LogP contribution in [0.1, 0.15) is 27.0 Å². The normalized spacial score (nSPS) is 10.5. The molecule has 3 nitrogen and oxygen atoms in total. The summed E-state index contributed by atoms with van der Waals surface area (Å²) in [6.45, 7) is 3.70. The first kappa shape index (κ1) is 15.5. The number of nitrogen functional groups attached to an aromatic ring is 1. The lowest BCUT2D eigenvalue weighted by atomic mass is 10.0. The molecule has 0 saturated carbocycles. The number of rotatable bonds is 3. The lowest BCUT2D eigenvalue weighted by molar-refractivity contribution is 0.0471. The first-order chi connectivity index (χ1) is 9.86. The molecule has 0 radical (unpaired) electrons. The quantitative estimate of drug-likeness (QED) is 0.667. The molecule has 0 heterocycles. The minimum Gasteiger partial charge on any atom is -0.457 e. The Balaban J connectivity index is 2.13. The first-order valence-electron chi connectivity index (χ1n) is 6.35. The number of anilines is 1. The van der Waals surface area contributed by atoms with Gasteiger partial charge in [0.1, 0.15) is 12.4 Å². The summed E-state index contributed by atoms with van der Waals surface area (Å²) in [7, 11) is 0. The second-order valence-electron chi connectivity index (χ2n) is 4.88. The minimum atomic E-state index is -0.473. The number of hydrogen-bond donors (Lipinski definition) is 1. The van der Waals surface area contributed by atoms with Crippen LogP contribution in [0.15, 0.2) is 34.8 Å².